The van der Waals surface area contributed by atoms with E-state index in [9.17, 15) is 134 Å². The van der Waals surface area contributed by atoms with Crippen LogP contribution in [0, 0.1) is 11.6 Å². The normalized spacial score (nSPS) is 14.5. The fourth-order valence-corrected chi connectivity index (χ4v) is 9.89. The average molecular weight is 1690 g/mol. The molecule has 0 fully saturated rings. The second-order valence-electron chi connectivity index (χ2n) is 20.3. The van der Waals surface area contributed by atoms with E-state index < -0.39 is 186 Å². The van der Waals surface area contributed by atoms with Crippen LogP contribution < -0.4 is 54.3 Å². The second-order valence-corrected chi connectivity index (χ2v) is 22.3. The molecule has 0 unspecified atom stereocenters. The Morgan fingerprint density at radius 2 is 0.810 bits per heavy atom. The maximum atomic E-state index is 15.3. The molecule has 7 aromatic rings. The van der Waals surface area contributed by atoms with Gasteiger partial charge in [-0.25, -0.2) is 22.4 Å². The van der Waals surface area contributed by atoms with E-state index in [1.807, 2.05) is 0 Å². The van der Waals surface area contributed by atoms with Gasteiger partial charge in [-0.1, -0.05) is 18.2 Å². The van der Waals surface area contributed by atoms with Crippen molar-refractivity contribution in [1.82, 2.24) is 0 Å². The highest BCUT2D eigenvalue weighted by Gasteiger charge is 2.75. The number of nitrogen functional groups attached to an aromatic ring is 1. The molecular formula is C59H28Br2ClF26N3O14. The lowest BCUT2D eigenvalue weighted by atomic mass is 9.93. The molecule has 7 aromatic carbocycles. The van der Waals surface area contributed by atoms with Gasteiger partial charge in [-0.05, 0) is 146 Å². The first kappa shape index (κ1) is 82.2. The number of anilines is 3. The number of carboxylic acid groups (broad SMARTS) is 1. The first-order chi connectivity index (χ1) is 48.1. The van der Waals surface area contributed by atoms with Gasteiger partial charge in [-0.3, -0.25) is 19.2 Å². The fourth-order valence-electron chi connectivity index (χ4n) is 8.69. The highest BCUT2D eigenvalue weighted by molar-refractivity contribution is 9.11. The van der Waals surface area contributed by atoms with Crippen molar-refractivity contribution < 1.29 is 181 Å². The number of Topliss-reactive ketones (excluding diaryl/α,β-unsaturated/α-hetero) is 1. The number of hydrogen-bond donors (Lipinski definition) is 4. The van der Waals surface area contributed by atoms with Crippen LogP contribution in [-0.4, -0.2) is 90.7 Å². The summed E-state index contributed by atoms with van der Waals surface area (Å²) >= 11 is 10.1. The molecule has 10 rings (SSSR count). The molecule has 46 heteroatoms. The summed E-state index contributed by atoms with van der Waals surface area (Å²) in [5.41, 5.74) is -16.0. The van der Waals surface area contributed by atoms with Crippen LogP contribution in [0.5, 0.6) is 46.0 Å². The van der Waals surface area contributed by atoms with Gasteiger partial charge in [0.2, 0.25) is 0 Å². The van der Waals surface area contributed by atoms with Crippen LogP contribution in [0.4, 0.5) is 131 Å². The topological polar surface area (TPSA) is 229 Å². The van der Waals surface area contributed by atoms with E-state index in [4.69, 9.17) is 22.4 Å². The summed E-state index contributed by atoms with van der Waals surface area (Å²) in [6.45, 7) is -7.70. The van der Waals surface area contributed by atoms with Gasteiger partial charge in [-0.15, -0.1) is 26.3 Å². The highest BCUT2D eigenvalue weighted by atomic mass is 79.9. The zero-order chi connectivity index (χ0) is 79.0. The summed E-state index contributed by atoms with van der Waals surface area (Å²) in [5.74, 6) is -12.2. The third-order valence-corrected chi connectivity index (χ3v) is 14.8. The van der Waals surface area contributed by atoms with Crippen LogP contribution in [0.15, 0.2) is 124 Å². The molecular weight excluding hydrogens is 1660 g/mol. The monoisotopic (exact) mass is 1690 g/mol. The molecule has 5 N–H and O–H groups in total. The SMILES string of the molecule is Nc1cccc(C(=O)Nc2c(Br)cc(C(F)(C(F)(F)F)C(F)(F)F)cc2OC(F)F)c1F.O=C(Cc1cccc(C(=O)Nc2c(Br)cc(C(F)(C(F)(F)F)C(F)(F)F)cc2OC(F)F)c1F)c1ccc2c(c1)OC(F)(F)O2.O=C(Cl)c1ccc2c(c1)OC(F)(F)O2.O=C(O)c1ccc2c(c1)OC(F)(F)O2. The van der Waals surface area contributed by atoms with Gasteiger partial charge in [0.15, 0.2) is 57.6 Å². The van der Waals surface area contributed by atoms with Crippen LogP contribution in [0.2, 0.25) is 0 Å². The maximum Gasteiger partial charge on any atom is 0.586 e. The lowest BCUT2D eigenvalue weighted by molar-refractivity contribution is -0.349. The van der Waals surface area contributed by atoms with Gasteiger partial charge < -0.3 is 59.4 Å². The van der Waals surface area contributed by atoms with Gasteiger partial charge in [0.1, 0.15) is 5.82 Å². The summed E-state index contributed by atoms with van der Waals surface area (Å²) in [5, 5.41) is 11.4. The molecule has 0 radical (unpaired) electrons. The molecule has 0 saturated carbocycles. The lowest BCUT2D eigenvalue weighted by Gasteiger charge is -2.31. The van der Waals surface area contributed by atoms with Crippen LogP contribution >= 0.6 is 43.5 Å². The Morgan fingerprint density at radius 1 is 0.476 bits per heavy atom. The van der Waals surface area contributed by atoms with Crippen LogP contribution in [0.1, 0.15) is 68.5 Å². The Labute approximate surface area is 585 Å². The number of rotatable bonds is 15. The van der Waals surface area contributed by atoms with E-state index >= 15 is 4.39 Å². The number of benzene rings is 7. The standard InChI is InChI=1S/C26H12BrF12NO5.C17H9BrF10N2O2.C8H3ClF2O3.C8H4F2O4/c27-14-8-12(23(31,24(32,33)34)25(35,36)37)9-18(43-22(29)30)20(14)40-21(42)13-3-1-2-11(19(13)28)6-15(41)10-4-5-16-17(7-10)45-26(38,39)44-16;18-8-4-6(15(22,16(23,24)25)17(26,27)28)5-10(32-14(20)21)12(8)30-13(31)7-2-1-3-9(29)11(7)19;9-7(12)4-1-2-5-6(3-4)14-8(10,11)13-5;9-8(10)13-5-2-1-4(7(11)12)3-6(5)14-8/h1-5,7-9,22H,6H2,(H,40,42);1-5,14H,29H2,(H,30,31);1-3H;1-3H,(H,11,12). The quantitative estimate of drug-likeness (QED) is 0.0324. The molecule has 566 valence electrons. The number of halogens is 29. The number of carbonyl (C=O) groups excluding carboxylic acids is 4. The van der Waals surface area contributed by atoms with Crippen molar-refractivity contribution in [1.29, 1.82) is 0 Å². The molecule has 17 nitrogen and oxygen atoms in total. The molecule has 0 atom stereocenters. The zero-order valence-electron chi connectivity index (χ0n) is 49.6. The number of carboxylic acids is 1. The molecule has 3 heterocycles. The van der Waals surface area contributed by atoms with Crippen molar-refractivity contribution in [3.8, 4) is 46.0 Å². The van der Waals surface area contributed by atoms with E-state index in [0.29, 0.717) is 0 Å². The Hall–Kier alpha value is -10.1. The molecule has 105 heavy (non-hydrogen) atoms. The highest BCUT2D eigenvalue weighted by Crippen LogP contribution is 2.57. The molecule has 0 aromatic heterocycles. The summed E-state index contributed by atoms with van der Waals surface area (Å²) < 4.78 is 374. The van der Waals surface area contributed by atoms with Crippen LogP contribution in [-0.2, 0) is 17.8 Å². The predicted molar refractivity (Wildman–Crippen MR) is 308 cm³/mol. The van der Waals surface area contributed by atoms with Gasteiger partial charge in [0.25, 0.3) is 17.1 Å². The number of alkyl halides is 24. The first-order valence-electron chi connectivity index (χ1n) is 26.9. The van der Waals surface area contributed by atoms with Gasteiger partial charge in [0.05, 0.1) is 33.8 Å². The Balaban J connectivity index is 0.000000219. The molecule has 0 saturated heterocycles. The molecule has 0 spiro atoms. The van der Waals surface area contributed by atoms with E-state index in [2.05, 4.69) is 69.8 Å². The number of ketones is 1. The number of amides is 2. The third-order valence-electron chi connectivity index (χ3n) is 13.3. The Bertz CT molecular complexity index is 4420. The summed E-state index contributed by atoms with van der Waals surface area (Å²) in [6.07, 6.45) is -38.5. The number of aromatic carboxylic acids is 1. The van der Waals surface area contributed by atoms with Crippen LogP contribution in [0.3, 0.4) is 0 Å². The predicted octanol–water partition coefficient (Wildman–Crippen LogP) is 18.9. The Morgan fingerprint density at radius 3 is 1.17 bits per heavy atom. The molecule has 3 aliphatic heterocycles. The average Bonchev–Trinajstić information content (AvgIpc) is 1.60. The van der Waals surface area contributed by atoms with Crippen molar-refractivity contribution in [2.75, 3.05) is 16.4 Å². The number of nitrogens with two attached hydrogens (primary N) is 1. The van der Waals surface area contributed by atoms with Crippen molar-refractivity contribution in [2.24, 2.45) is 0 Å². The van der Waals surface area contributed by atoms with E-state index in [1.165, 1.54) is 12.1 Å². The molecule has 3 aliphatic rings. The minimum Gasteiger partial charge on any atom is -0.478 e. The van der Waals surface area contributed by atoms with E-state index in [0.717, 1.165) is 78.9 Å². The number of nitrogens with one attached hydrogen (secondary N) is 2. The maximum absolute atomic E-state index is 15.3. The Kier molecular flexibility index (Phi) is 23.6. The van der Waals surface area contributed by atoms with Gasteiger partial charge in [0, 0.05) is 37.6 Å². The number of ether oxygens (including phenoxy) is 8. The van der Waals surface area contributed by atoms with Crippen molar-refractivity contribution in [3.05, 3.63) is 180 Å². The van der Waals surface area contributed by atoms with Crippen LogP contribution in [0.25, 0.3) is 0 Å². The van der Waals surface area contributed by atoms with E-state index in [1.54, 1.807) is 10.6 Å². The largest absolute Gasteiger partial charge is 0.586 e. The minimum atomic E-state index is -6.62. The molecule has 0 aliphatic carbocycles. The number of hydrogen-bond acceptors (Lipinski definition) is 14. The molecule has 2 amide bonds. The summed E-state index contributed by atoms with van der Waals surface area (Å²) in [7, 11) is 0. The number of carbonyl (C=O) groups is 5. The smallest absolute Gasteiger partial charge is 0.478 e. The lowest BCUT2D eigenvalue weighted by Crippen LogP contribution is -2.50. The summed E-state index contributed by atoms with van der Waals surface area (Å²) in [6, 6.07) is 15.0. The second kappa shape index (κ2) is 30.2. The minimum absolute atomic E-state index is 0.0371. The van der Waals surface area contributed by atoms with E-state index in [-0.39, 0.29) is 69.7 Å². The van der Waals surface area contributed by atoms with Gasteiger partial charge >= 0.3 is 74.1 Å². The van der Waals surface area contributed by atoms with Gasteiger partial charge in [-0.2, -0.15) is 70.2 Å². The number of fused-ring (bicyclic) bond motifs is 3. The zero-order valence-corrected chi connectivity index (χ0v) is 53.6. The first-order valence-corrected chi connectivity index (χ1v) is 28.9. The van der Waals surface area contributed by atoms with Crippen molar-refractivity contribution in [3.63, 3.8) is 0 Å². The third kappa shape index (κ3) is 18.5. The van der Waals surface area contributed by atoms with Crippen molar-refractivity contribution >= 4 is 89.3 Å². The van der Waals surface area contributed by atoms with Crippen molar-refractivity contribution in [2.45, 2.75) is 74.6 Å². The molecule has 0 bridgehead atoms. The fraction of sp³-hybridized carbons (Fsp3) is 0.203. The summed E-state index contributed by atoms with van der Waals surface area (Å²) in [4.78, 5) is 59.0.